The van der Waals surface area contributed by atoms with Crippen molar-refractivity contribution >= 4 is 0 Å². The van der Waals surface area contributed by atoms with E-state index in [-0.39, 0.29) is 0 Å². The van der Waals surface area contributed by atoms with Crippen molar-refractivity contribution < 1.29 is 0 Å². The lowest BCUT2D eigenvalue weighted by Crippen LogP contribution is -2.33. The minimum Gasteiger partial charge on any atom is -0.310 e. The Morgan fingerprint density at radius 2 is 1.75 bits per heavy atom. The molecule has 0 spiro atoms. The smallest absolute Gasteiger partial charge is 0.0236 e. The van der Waals surface area contributed by atoms with Gasteiger partial charge >= 0.3 is 0 Å². The van der Waals surface area contributed by atoms with Crippen LogP contribution in [0.4, 0.5) is 0 Å². The van der Waals surface area contributed by atoms with Gasteiger partial charge in [0, 0.05) is 19.1 Å². The molecule has 110 valence electrons. The Hall–Kier alpha value is -0.860. The van der Waals surface area contributed by atoms with Gasteiger partial charge in [-0.15, -0.1) is 0 Å². The summed E-state index contributed by atoms with van der Waals surface area (Å²) in [6.45, 7) is 7.08. The summed E-state index contributed by atoms with van der Waals surface area (Å²) in [4.78, 5) is 2.64. The topological polar surface area (TPSA) is 15.3 Å². The fourth-order valence-electron chi connectivity index (χ4n) is 3.22. The fourth-order valence-corrected chi connectivity index (χ4v) is 3.22. The van der Waals surface area contributed by atoms with Crippen molar-refractivity contribution in [2.24, 2.45) is 5.92 Å². The molecule has 1 saturated carbocycles. The number of hydrogen-bond acceptors (Lipinski definition) is 2. The SMILES string of the molecule is CCC1CCN(Cc2ccccc2CNC2CC2)CC1. The maximum absolute atomic E-state index is 3.65. The van der Waals surface area contributed by atoms with Gasteiger partial charge in [-0.3, -0.25) is 4.90 Å². The van der Waals surface area contributed by atoms with Gasteiger partial charge in [0.05, 0.1) is 0 Å². The van der Waals surface area contributed by atoms with E-state index in [2.05, 4.69) is 41.4 Å². The zero-order chi connectivity index (χ0) is 13.8. The van der Waals surface area contributed by atoms with Crippen molar-refractivity contribution in [2.75, 3.05) is 13.1 Å². The molecule has 2 nitrogen and oxygen atoms in total. The summed E-state index contributed by atoms with van der Waals surface area (Å²) in [7, 11) is 0. The van der Waals surface area contributed by atoms with Crippen LogP contribution in [0, 0.1) is 5.92 Å². The second-order valence-electron chi connectivity index (χ2n) is 6.55. The van der Waals surface area contributed by atoms with Gasteiger partial charge in [0.15, 0.2) is 0 Å². The minimum absolute atomic E-state index is 0.795. The van der Waals surface area contributed by atoms with Gasteiger partial charge < -0.3 is 5.32 Å². The van der Waals surface area contributed by atoms with E-state index >= 15 is 0 Å². The minimum atomic E-state index is 0.795. The highest BCUT2D eigenvalue weighted by molar-refractivity contribution is 5.27. The third-order valence-electron chi connectivity index (χ3n) is 4.96. The lowest BCUT2D eigenvalue weighted by Gasteiger charge is -2.32. The summed E-state index contributed by atoms with van der Waals surface area (Å²) in [5.74, 6) is 0.970. The van der Waals surface area contributed by atoms with E-state index < -0.39 is 0 Å². The van der Waals surface area contributed by atoms with Crippen LogP contribution in [0.5, 0.6) is 0 Å². The highest BCUT2D eigenvalue weighted by atomic mass is 15.1. The zero-order valence-electron chi connectivity index (χ0n) is 12.8. The van der Waals surface area contributed by atoms with Crippen LogP contribution in [0.1, 0.15) is 50.2 Å². The average Bonchev–Trinajstić information content (AvgIpc) is 3.31. The Morgan fingerprint density at radius 1 is 1.05 bits per heavy atom. The van der Waals surface area contributed by atoms with Crippen molar-refractivity contribution in [3.8, 4) is 0 Å². The molecule has 0 radical (unpaired) electrons. The van der Waals surface area contributed by atoms with Crippen molar-refractivity contribution in [2.45, 2.75) is 58.2 Å². The molecule has 1 aliphatic heterocycles. The van der Waals surface area contributed by atoms with Crippen LogP contribution < -0.4 is 5.32 Å². The first-order chi connectivity index (χ1) is 9.85. The van der Waals surface area contributed by atoms with Crippen LogP contribution in [-0.4, -0.2) is 24.0 Å². The third-order valence-corrected chi connectivity index (χ3v) is 4.96. The molecule has 0 aromatic heterocycles. The summed E-state index contributed by atoms with van der Waals surface area (Å²) in [5, 5.41) is 3.65. The molecule has 1 aliphatic carbocycles. The molecular formula is C18H28N2. The zero-order valence-corrected chi connectivity index (χ0v) is 12.8. The van der Waals surface area contributed by atoms with Crippen LogP contribution >= 0.6 is 0 Å². The maximum atomic E-state index is 3.65. The molecule has 0 unspecified atom stereocenters. The molecule has 2 fully saturated rings. The van der Waals surface area contributed by atoms with E-state index in [1.807, 2.05) is 0 Å². The number of likely N-dealkylation sites (tertiary alicyclic amines) is 1. The first-order valence-corrected chi connectivity index (χ1v) is 8.37. The summed E-state index contributed by atoms with van der Waals surface area (Å²) in [6.07, 6.45) is 6.87. The number of benzene rings is 1. The fraction of sp³-hybridized carbons (Fsp3) is 0.667. The molecule has 20 heavy (non-hydrogen) atoms. The second-order valence-corrected chi connectivity index (χ2v) is 6.55. The predicted molar refractivity (Wildman–Crippen MR) is 84.6 cm³/mol. The van der Waals surface area contributed by atoms with Crippen LogP contribution in [0.25, 0.3) is 0 Å². The van der Waals surface area contributed by atoms with E-state index in [1.165, 1.54) is 56.3 Å². The van der Waals surface area contributed by atoms with Crippen LogP contribution in [0.3, 0.4) is 0 Å². The van der Waals surface area contributed by atoms with Crippen LogP contribution in [0.2, 0.25) is 0 Å². The Balaban J connectivity index is 1.56. The van der Waals surface area contributed by atoms with E-state index in [9.17, 15) is 0 Å². The van der Waals surface area contributed by atoms with Crippen molar-refractivity contribution in [1.82, 2.24) is 10.2 Å². The number of nitrogens with zero attached hydrogens (tertiary/aromatic N) is 1. The Bertz CT molecular complexity index is 417. The molecule has 0 bridgehead atoms. The average molecular weight is 272 g/mol. The van der Waals surface area contributed by atoms with Crippen molar-refractivity contribution in [1.29, 1.82) is 0 Å². The second kappa shape index (κ2) is 6.73. The number of piperidine rings is 1. The summed E-state index contributed by atoms with van der Waals surface area (Å²) in [5.41, 5.74) is 3.02. The Morgan fingerprint density at radius 3 is 2.40 bits per heavy atom. The molecule has 1 aromatic rings. The highest BCUT2D eigenvalue weighted by Gasteiger charge is 2.21. The monoisotopic (exact) mass is 272 g/mol. The van der Waals surface area contributed by atoms with Gasteiger partial charge in [0.2, 0.25) is 0 Å². The summed E-state index contributed by atoms with van der Waals surface area (Å²) >= 11 is 0. The Kier molecular flexibility index (Phi) is 4.74. The number of nitrogens with one attached hydrogen (secondary N) is 1. The molecule has 0 amide bonds. The molecule has 2 heteroatoms. The predicted octanol–water partition coefficient (Wildman–Crippen LogP) is 3.56. The molecule has 1 saturated heterocycles. The first kappa shape index (κ1) is 14.1. The number of rotatable bonds is 6. The lowest BCUT2D eigenvalue weighted by atomic mass is 9.94. The molecule has 1 aromatic carbocycles. The van der Waals surface area contributed by atoms with E-state index in [0.717, 1.165) is 25.0 Å². The highest BCUT2D eigenvalue weighted by Crippen LogP contribution is 2.23. The summed E-state index contributed by atoms with van der Waals surface area (Å²) < 4.78 is 0. The summed E-state index contributed by atoms with van der Waals surface area (Å²) in [6, 6.07) is 9.77. The van der Waals surface area contributed by atoms with Crippen LogP contribution in [0.15, 0.2) is 24.3 Å². The van der Waals surface area contributed by atoms with Crippen molar-refractivity contribution in [3.05, 3.63) is 35.4 Å². The normalized spacial score (nSPS) is 21.2. The number of hydrogen-bond donors (Lipinski definition) is 1. The Labute approximate surface area is 123 Å². The largest absolute Gasteiger partial charge is 0.310 e. The van der Waals surface area contributed by atoms with Gasteiger partial charge in [-0.2, -0.15) is 0 Å². The molecular weight excluding hydrogens is 244 g/mol. The maximum Gasteiger partial charge on any atom is 0.0236 e. The first-order valence-electron chi connectivity index (χ1n) is 8.37. The van der Waals surface area contributed by atoms with Gasteiger partial charge in [0.1, 0.15) is 0 Å². The lowest BCUT2D eigenvalue weighted by molar-refractivity contribution is 0.174. The van der Waals surface area contributed by atoms with Gasteiger partial charge in [0.25, 0.3) is 0 Å². The quantitative estimate of drug-likeness (QED) is 0.852. The molecule has 2 aliphatic rings. The van der Waals surface area contributed by atoms with Crippen LogP contribution in [-0.2, 0) is 13.1 Å². The van der Waals surface area contributed by atoms with Crippen molar-refractivity contribution in [3.63, 3.8) is 0 Å². The molecule has 1 heterocycles. The van der Waals surface area contributed by atoms with Gasteiger partial charge in [-0.25, -0.2) is 0 Å². The van der Waals surface area contributed by atoms with Gasteiger partial charge in [-0.05, 0) is 55.8 Å². The molecule has 1 N–H and O–H groups in total. The van der Waals surface area contributed by atoms with Gasteiger partial charge in [-0.1, -0.05) is 37.6 Å². The molecule has 0 atom stereocenters. The standard InChI is InChI=1S/C18H28N2/c1-2-15-9-11-20(12-10-15)14-17-6-4-3-5-16(17)13-19-18-7-8-18/h3-6,15,18-19H,2,7-14H2,1H3. The van der Waals surface area contributed by atoms with E-state index in [4.69, 9.17) is 0 Å². The van der Waals surface area contributed by atoms with E-state index in [1.54, 1.807) is 0 Å². The van der Waals surface area contributed by atoms with E-state index in [0.29, 0.717) is 0 Å². The molecule has 3 rings (SSSR count). The third kappa shape index (κ3) is 3.83.